The van der Waals surface area contributed by atoms with Crippen molar-refractivity contribution < 1.29 is 13.2 Å². The molecule has 1 N–H and O–H groups in total. The number of hydrogen-bond acceptors (Lipinski definition) is 3. The van der Waals surface area contributed by atoms with Crippen molar-refractivity contribution in [3.8, 4) is 0 Å². The van der Waals surface area contributed by atoms with Gasteiger partial charge in [0.2, 0.25) is 0 Å². The normalized spacial score (nSPS) is 16.8. The lowest BCUT2D eigenvalue weighted by atomic mass is 9.84. The quantitative estimate of drug-likeness (QED) is 0.818. The Hall–Kier alpha value is -2.05. The Kier molecular flexibility index (Phi) is 5.49. The van der Waals surface area contributed by atoms with Crippen LogP contribution in [-0.4, -0.2) is 32.3 Å². The Morgan fingerprint density at radius 2 is 1.85 bits per heavy atom. The molecule has 1 heterocycles. The molecule has 2 aromatic carbocycles. The molecular formula is C20H23ClN2O3S. The van der Waals surface area contributed by atoms with E-state index in [9.17, 15) is 13.2 Å². The molecule has 0 aromatic heterocycles. The number of rotatable bonds is 4. The van der Waals surface area contributed by atoms with Crippen LogP contribution >= 0.6 is 11.6 Å². The maximum Gasteiger partial charge on any atom is 0.261 e. The number of carbonyl (C=O) groups is 1. The maximum atomic E-state index is 12.8. The minimum Gasteiger partial charge on any atom is -0.338 e. The van der Waals surface area contributed by atoms with Crippen molar-refractivity contribution in [3.63, 3.8) is 0 Å². The molecule has 3 rings (SSSR count). The number of benzene rings is 2. The molecule has 0 radical (unpaired) electrons. The summed E-state index contributed by atoms with van der Waals surface area (Å²) in [6, 6.07) is 12.7. The summed E-state index contributed by atoms with van der Waals surface area (Å²) in [6.45, 7) is 5.73. The van der Waals surface area contributed by atoms with Gasteiger partial charge in [-0.05, 0) is 48.6 Å². The number of nitrogens with zero attached hydrogens (tertiary/aromatic N) is 1. The smallest absolute Gasteiger partial charge is 0.261 e. The highest BCUT2D eigenvalue weighted by Crippen LogP contribution is 2.31. The summed E-state index contributed by atoms with van der Waals surface area (Å²) < 4.78 is 27.4. The summed E-state index contributed by atoms with van der Waals surface area (Å²) in [6.07, 6.45) is 2.07. The van der Waals surface area contributed by atoms with Gasteiger partial charge in [-0.1, -0.05) is 43.6 Å². The molecule has 0 saturated carbocycles. The highest BCUT2D eigenvalue weighted by molar-refractivity contribution is 7.92. The van der Waals surface area contributed by atoms with E-state index in [0.717, 1.165) is 19.4 Å². The molecule has 27 heavy (non-hydrogen) atoms. The molecule has 1 fully saturated rings. The molecule has 1 aliphatic heterocycles. The number of anilines is 1. The number of amides is 1. The van der Waals surface area contributed by atoms with Crippen LogP contribution in [0.15, 0.2) is 53.4 Å². The molecule has 1 saturated heterocycles. The molecule has 144 valence electrons. The van der Waals surface area contributed by atoms with E-state index in [1.165, 1.54) is 24.3 Å². The van der Waals surface area contributed by atoms with E-state index in [2.05, 4.69) is 18.6 Å². The first-order chi connectivity index (χ1) is 12.7. The predicted octanol–water partition coefficient (Wildman–Crippen LogP) is 4.40. The average molecular weight is 407 g/mol. The van der Waals surface area contributed by atoms with Gasteiger partial charge >= 0.3 is 0 Å². The van der Waals surface area contributed by atoms with E-state index in [1.807, 2.05) is 4.90 Å². The largest absolute Gasteiger partial charge is 0.338 e. The van der Waals surface area contributed by atoms with Crippen LogP contribution in [0.2, 0.25) is 5.02 Å². The van der Waals surface area contributed by atoms with E-state index >= 15 is 0 Å². The second-order valence-electron chi connectivity index (χ2n) is 7.61. The number of piperidine rings is 1. The van der Waals surface area contributed by atoms with Crippen molar-refractivity contribution in [1.82, 2.24) is 4.90 Å². The summed E-state index contributed by atoms with van der Waals surface area (Å²) in [5.74, 6) is -0.0814. The molecule has 0 spiro atoms. The summed E-state index contributed by atoms with van der Waals surface area (Å²) in [4.78, 5) is 14.8. The summed E-state index contributed by atoms with van der Waals surface area (Å²) >= 11 is 6.26. The van der Waals surface area contributed by atoms with Crippen LogP contribution in [-0.2, 0) is 10.0 Å². The lowest BCUT2D eigenvalue weighted by Crippen LogP contribution is -2.43. The zero-order valence-corrected chi connectivity index (χ0v) is 17.0. The second kappa shape index (κ2) is 7.52. The monoisotopic (exact) mass is 406 g/mol. The van der Waals surface area contributed by atoms with Gasteiger partial charge in [0.15, 0.2) is 0 Å². The van der Waals surface area contributed by atoms with Gasteiger partial charge in [-0.2, -0.15) is 0 Å². The van der Waals surface area contributed by atoms with Gasteiger partial charge in [-0.25, -0.2) is 8.42 Å². The molecule has 1 aliphatic rings. The Balaban J connectivity index is 1.79. The summed E-state index contributed by atoms with van der Waals surface area (Å²) in [5, 5.41) is 0.191. The van der Waals surface area contributed by atoms with Crippen molar-refractivity contribution in [2.45, 2.75) is 31.6 Å². The minimum absolute atomic E-state index is 0.0814. The molecule has 7 heteroatoms. The highest BCUT2D eigenvalue weighted by Gasteiger charge is 2.29. The van der Waals surface area contributed by atoms with Crippen LogP contribution in [0.5, 0.6) is 0 Å². The van der Waals surface area contributed by atoms with Crippen molar-refractivity contribution in [2.24, 2.45) is 5.41 Å². The van der Waals surface area contributed by atoms with Gasteiger partial charge in [0.05, 0.1) is 15.6 Å². The van der Waals surface area contributed by atoms with Gasteiger partial charge in [0, 0.05) is 18.7 Å². The number of hydrogen-bond donors (Lipinski definition) is 1. The fourth-order valence-electron chi connectivity index (χ4n) is 3.31. The Morgan fingerprint density at radius 3 is 2.48 bits per heavy atom. The maximum absolute atomic E-state index is 12.8. The third-order valence-corrected chi connectivity index (χ3v) is 6.40. The molecule has 0 unspecified atom stereocenters. The van der Waals surface area contributed by atoms with Crippen LogP contribution < -0.4 is 4.72 Å². The fourth-order valence-corrected chi connectivity index (χ4v) is 4.70. The predicted molar refractivity (Wildman–Crippen MR) is 108 cm³/mol. The first-order valence-corrected chi connectivity index (χ1v) is 10.7. The zero-order valence-electron chi connectivity index (χ0n) is 15.4. The highest BCUT2D eigenvalue weighted by atomic mass is 35.5. The van der Waals surface area contributed by atoms with Crippen molar-refractivity contribution >= 4 is 33.2 Å². The van der Waals surface area contributed by atoms with Gasteiger partial charge < -0.3 is 4.90 Å². The van der Waals surface area contributed by atoms with Crippen molar-refractivity contribution in [1.29, 1.82) is 0 Å². The Bertz CT molecular complexity index is 943. The summed E-state index contributed by atoms with van der Waals surface area (Å²) in [5.41, 5.74) is 0.805. The average Bonchev–Trinajstić information content (AvgIpc) is 2.62. The molecule has 2 aromatic rings. The van der Waals surface area contributed by atoms with Gasteiger partial charge in [0.25, 0.3) is 15.9 Å². The van der Waals surface area contributed by atoms with Crippen molar-refractivity contribution in [2.75, 3.05) is 17.8 Å². The van der Waals surface area contributed by atoms with Gasteiger partial charge in [-0.15, -0.1) is 0 Å². The molecule has 0 atom stereocenters. The zero-order chi connectivity index (χ0) is 19.7. The second-order valence-corrected chi connectivity index (χ2v) is 9.70. The van der Waals surface area contributed by atoms with Gasteiger partial charge in [-0.3, -0.25) is 9.52 Å². The lowest BCUT2D eigenvalue weighted by Gasteiger charge is -2.38. The van der Waals surface area contributed by atoms with Crippen molar-refractivity contribution in [3.05, 3.63) is 59.1 Å². The first-order valence-electron chi connectivity index (χ1n) is 8.85. The standard InChI is InChI=1S/C20H23ClN2O3S/c1-20(2)11-6-12-23(14-20)19(24)15-9-10-18(17(21)13-15)22-27(25,26)16-7-4-3-5-8-16/h3-5,7-10,13,22H,6,11-12,14H2,1-2H3. The minimum atomic E-state index is -3.73. The van der Waals surface area contributed by atoms with Crippen LogP contribution in [0.3, 0.4) is 0 Å². The summed E-state index contributed by atoms with van der Waals surface area (Å²) in [7, 11) is -3.73. The van der Waals surface area contributed by atoms with Crippen LogP contribution in [0.1, 0.15) is 37.0 Å². The van der Waals surface area contributed by atoms with E-state index in [4.69, 9.17) is 11.6 Å². The SMILES string of the molecule is CC1(C)CCCN(C(=O)c2ccc(NS(=O)(=O)c3ccccc3)c(Cl)c2)C1. The van der Waals surface area contributed by atoms with Crippen LogP contribution in [0.25, 0.3) is 0 Å². The molecule has 0 aliphatic carbocycles. The fraction of sp³-hybridized carbons (Fsp3) is 0.350. The topological polar surface area (TPSA) is 66.5 Å². The molecular weight excluding hydrogens is 384 g/mol. The first kappa shape index (κ1) is 19.7. The number of nitrogens with one attached hydrogen (secondary N) is 1. The number of carbonyl (C=O) groups excluding carboxylic acids is 1. The Labute approximate surface area is 165 Å². The molecule has 5 nitrogen and oxygen atoms in total. The molecule has 1 amide bonds. The van der Waals surface area contributed by atoms with Gasteiger partial charge in [0.1, 0.15) is 0 Å². The lowest BCUT2D eigenvalue weighted by molar-refractivity contribution is 0.0583. The molecule has 0 bridgehead atoms. The Morgan fingerprint density at radius 1 is 1.15 bits per heavy atom. The van der Waals surface area contributed by atoms with E-state index in [0.29, 0.717) is 12.1 Å². The third kappa shape index (κ3) is 4.62. The van der Waals surface area contributed by atoms with Crippen LogP contribution in [0.4, 0.5) is 5.69 Å². The number of likely N-dealkylation sites (tertiary alicyclic amines) is 1. The van der Waals surface area contributed by atoms with E-state index < -0.39 is 10.0 Å². The number of sulfonamides is 1. The van der Waals surface area contributed by atoms with Crippen LogP contribution in [0, 0.1) is 5.41 Å². The third-order valence-electron chi connectivity index (χ3n) is 4.70. The van der Waals surface area contributed by atoms with E-state index in [-0.39, 0.29) is 26.9 Å². The number of halogens is 1. The van der Waals surface area contributed by atoms with E-state index in [1.54, 1.807) is 24.3 Å².